The highest BCUT2D eigenvalue weighted by molar-refractivity contribution is 5.78. The lowest BCUT2D eigenvalue weighted by Gasteiger charge is -2.11. The lowest BCUT2D eigenvalue weighted by Crippen LogP contribution is -1.94. The number of carbonyl (C=O) groups is 1. The monoisotopic (exact) mass is 294 g/mol. The first kappa shape index (κ1) is 16.5. The van der Waals surface area contributed by atoms with Crippen molar-refractivity contribution in [2.45, 2.75) is 51.9 Å². The van der Waals surface area contributed by atoms with Crippen LogP contribution in [-0.2, 0) is 6.42 Å². The summed E-state index contributed by atoms with van der Waals surface area (Å²) in [6.45, 7) is 2.25. The molecule has 0 spiro atoms. The first-order valence-electron chi connectivity index (χ1n) is 8.48. The van der Waals surface area contributed by atoms with E-state index in [1.807, 2.05) is 12.1 Å². The molecule has 0 aliphatic rings. The van der Waals surface area contributed by atoms with E-state index in [1.165, 1.54) is 55.2 Å². The Morgan fingerprint density at radius 2 is 1.59 bits per heavy atom. The third kappa shape index (κ3) is 4.84. The number of benzene rings is 2. The van der Waals surface area contributed by atoms with Gasteiger partial charge in [-0.3, -0.25) is 4.79 Å². The van der Waals surface area contributed by atoms with E-state index in [1.54, 1.807) is 0 Å². The Bertz CT molecular complexity index is 572. The normalized spacial score (nSPS) is 10.6. The average Bonchev–Trinajstić information content (AvgIpc) is 2.58. The van der Waals surface area contributed by atoms with Crippen molar-refractivity contribution < 1.29 is 4.79 Å². The van der Waals surface area contributed by atoms with Crippen molar-refractivity contribution in [2.75, 3.05) is 0 Å². The highest BCUT2D eigenvalue weighted by atomic mass is 16.1. The van der Waals surface area contributed by atoms with E-state index >= 15 is 0 Å². The van der Waals surface area contributed by atoms with Gasteiger partial charge in [-0.1, -0.05) is 81.5 Å². The second kappa shape index (κ2) is 9.19. The van der Waals surface area contributed by atoms with E-state index in [-0.39, 0.29) is 0 Å². The number of hydrogen-bond acceptors (Lipinski definition) is 1. The minimum Gasteiger partial charge on any atom is -0.298 e. The zero-order chi connectivity index (χ0) is 15.6. The molecule has 0 bridgehead atoms. The van der Waals surface area contributed by atoms with Crippen molar-refractivity contribution in [2.24, 2.45) is 0 Å². The molecule has 22 heavy (non-hydrogen) atoms. The first-order chi connectivity index (χ1) is 10.8. The molecule has 0 aromatic heterocycles. The second-order valence-electron chi connectivity index (χ2n) is 5.92. The first-order valence-corrected chi connectivity index (χ1v) is 8.48. The Hall–Kier alpha value is -1.89. The molecule has 0 saturated carbocycles. The number of rotatable bonds is 9. The maximum atomic E-state index is 11.1. The van der Waals surface area contributed by atoms with Crippen LogP contribution in [0.2, 0.25) is 0 Å². The number of aldehydes is 1. The van der Waals surface area contributed by atoms with Gasteiger partial charge in [0.15, 0.2) is 0 Å². The molecular weight excluding hydrogens is 268 g/mol. The molecule has 0 saturated heterocycles. The highest BCUT2D eigenvalue weighted by Gasteiger charge is 2.06. The van der Waals surface area contributed by atoms with E-state index in [4.69, 9.17) is 0 Å². The van der Waals surface area contributed by atoms with Crippen molar-refractivity contribution in [3.63, 3.8) is 0 Å². The van der Waals surface area contributed by atoms with Gasteiger partial charge < -0.3 is 0 Å². The van der Waals surface area contributed by atoms with Gasteiger partial charge in [-0.25, -0.2) is 0 Å². The topological polar surface area (TPSA) is 17.1 Å². The maximum absolute atomic E-state index is 11.1. The summed E-state index contributed by atoms with van der Waals surface area (Å²) in [6.07, 6.45) is 9.77. The molecule has 0 N–H and O–H groups in total. The Morgan fingerprint density at radius 1 is 0.864 bits per heavy atom. The van der Waals surface area contributed by atoms with Crippen LogP contribution in [-0.4, -0.2) is 6.29 Å². The van der Waals surface area contributed by atoms with Crippen molar-refractivity contribution in [1.29, 1.82) is 0 Å². The summed E-state index contributed by atoms with van der Waals surface area (Å²) in [5.74, 6) is 0. The van der Waals surface area contributed by atoms with Crippen LogP contribution in [0.15, 0.2) is 48.5 Å². The summed E-state index contributed by atoms with van der Waals surface area (Å²) < 4.78 is 0. The molecule has 0 aliphatic heterocycles. The molecular formula is C21H26O. The number of aryl methyl sites for hydroxylation is 1. The molecule has 2 aromatic rings. The predicted octanol–water partition coefficient (Wildman–Crippen LogP) is 6.07. The largest absolute Gasteiger partial charge is 0.298 e. The van der Waals surface area contributed by atoms with Gasteiger partial charge >= 0.3 is 0 Å². The molecule has 0 aliphatic carbocycles. The summed E-state index contributed by atoms with van der Waals surface area (Å²) in [7, 11) is 0. The molecule has 2 aromatic carbocycles. The molecule has 0 atom stereocenters. The summed E-state index contributed by atoms with van der Waals surface area (Å²) in [5.41, 5.74) is 4.58. The Morgan fingerprint density at radius 3 is 2.32 bits per heavy atom. The third-order valence-electron chi connectivity index (χ3n) is 4.15. The standard InChI is InChI=1S/C21H26O/c1-2-3-4-5-6-8-13-20-16-18(17-22)14-15-21(20)19-11-9-7-10-12-19/h7,9-12,14-17H,2-6,8,13H2,1H3. The number of hydrogen-bond donors (Lipinski definition) is 0. The molecule has 0 fully saturated rings. The van der Waals surface area contributed by atoms with Crippen LogP contribution in [0.1, 0.15) is 61.4 Å². The molecule has 0 unspecified atom stereocenters. The van der Waals surface area contributed by atoms with Gasteiger partial charge in [-0.2, -0.15) is 0 Å². The molecule has 1 heteroatoms. The van der Waals surface area contributed by atoms with E-state index < -0.39 is 0 Å². The van der Waals surface area contributed by atoms with Gasteiger partial charge in [-0.05, 0) is 35.6 Å². The van der Waals surface area contributed by atoms with E-state index in [9.17, 15) is 4.79 Å². The molecule has 0 radical (unpaired) electrons. The van der Waals surface area contributed by atoms with Crippen LogP contribution in [0.3, 0.4) is 0 Å². The predicted molar refractivity (Wildman–Crippen MR) is 94.3 cm³/mol. The van der Waals surface area contributed by atoms with Gasteiger partial charge in [0.1, 0.15) is 6.29 Å². The lowest BCUT2D eigenvalue weighted by molar-refractivity contribution is 0.112. The summed E-state index contributed by atoms with van der Waals surface area (Å²) >= 11 is 0. The summed E-state index contributed by atoms with van der Waals surface area (Å²) in [6, 6.07) is 16.5. The molecule has 0 heterocycles. The van der Waals surface area contributed by atoms with Crippen molar-refractivity contribution >= 4 is 6.29 Å². The van der Waals surface area contributed by atoms with Crippen molar-refractivity contribution in [1.82, 2.24) is 0 Å². The average molecular weight is 294 g/mol. The molecule has 1 nitrogen and oxygen atoms in total. The molecule has 2 rings (SSSR count). The number of carbonyl (C=O) groups excluding carboxylic acids is 1. The van der Waals surface area contributed by atoms with Gasteiger partial charge in [0.2, 0.25) is 0 Å². The second-order valence-corrected chi connectivity index (χ2v) is 5.92. The lowest BCUT2D eigenvalue weighted by atomic mass is 9.94. The van der Waals surface area contributed by atoms with Crippen molar-refractivity contribution in [3.8, 4) is 11.1 Å². The molecule has 116 valence electrons. The zero-order valence-electron chi connectivity index (χ0n) is 13.6. The van der Waals surface area contributed by atoms with Gasteiger partial charge in [0.05, 0.1) is 0 Å². The van der Waals surface area contributed by atoms with Crippen LogP contribution in [0.25, 0.3) is 11.1 Å². The smallest absolute Gasteiger partial charge is 0.150 e. The molecule has 0 amide bonds. The maximum Gasteiger partial charge on any atom is 0.150 e. The van der Waals surface area contributed by atoms with Crippen LogP contribution >= 0.6 is 0 Å². The fourth-order valence-electron chi connectivity index (χ4n) is 2.89. The third-order valence-corrected chi connectivity index (χ3v) is 4.15. The zero-order valence-corrected chi connectivity index (χ0v) is 13.6. The fourth-order valence-corrected chi connectivity index (χ4v) is 2.89. The van der Waals surface area contributed by atoms with Crippen LogP contribution in [0.5, 0.6) is 0 Å². The van der Waals surface area contributed by atoms with Gasteiger partial charge in [-0.15, -0.1) is 0 Å². The van der Waals surface area contributed by atoms with Crippen LogP contribution in [0.4, 0.5) is 0 Å². The quantitative estimate of drug-likeness (QED) is 0.405. The Balaban J connectivity index is 2.05. The summed E-state index contributed by atoms with van der Waals surface area (Å²) in [5, 5.41) is 0. The van der Waals surface area contributed by atoms with Crippen LogP contribution < -0.4 is 0 Å². The van der Waals surface area contributed by atoms with E-state index in [0.29, 0.717) is 0 Å². The Kier molecular flexibility index (Phi) is 6.89. The number of unbranched alkanes of at least 4 members (excludes halogenated alkanes) is 5. The summed E-state index contributed by atoms with van der Waals surface area (Å²) in [4.78, 5) is 11.1. The van der Waals surface area contributed by atoms with Crippen LogP contribution in [0, 0.1) is 0 Å². The highest BCUT2D eigenvalue weighted by Crippen LogP contribution is 2.26. The minimum atomic E-state index is 0.778. The van der Waals surface area contributed by atoms with E-state index in [0.717, 1.165) is 18.3 Å². The SMILES string of the molecule is CCCCCCCCc1cc(C=O)ccc1-c1ccccc1. The van der Waals surface area contributed by atoms with E-state index in [2.05, 4.69) is 43.3 Å². The Labute approximate surface area is 134 Å². The van der Waals surface area contributed by atoms with Crippen molar-refractivity contribution in [3.05, 3.63) is 59.7 Å². The minimum absolute atomic E-state index is 0.778. The van der Waals surface area contributed by atoms with Gasteiger partial charge in [0.25, 0.3) is 0 Å². The fraction of sp³-hybridized carbons (Fsp3) is 0.381. The van der Waals surface area contributed by atoms with Gasteiger partial charge in [0, 0.05) is 5.56 Å².